The van der Waals surface area contributed by atoms with E-state index in [0.717, 1.165) is 19.3 Å². The fourth-order valence-electron chi connectivity index (χ4n) is 4.83. The van der Waals surface area contributed by atoms with Crippen LogP contribution in [0.15, 0.2) is 36.4 Å². The smallest absolute Gasteiger partial charge is 0.323 e. The molecule has 0 radical (unpaired) electrons. The molecule has 0 fully saturated rings. The van der Waals surface area contributed by atoms with Gasteiger partial charge in [-0.15, -0.1) is 0 Å². The van der Waals surface area contributed by atoms with E-state index in [-0.39, 0.29) is 42.4 Å². The normalized spacial score (nSPS) is 11.9. The third kappa shape index (κ3) is 11.1. The number of aromatic nitrogens is 1. The molecular weight excluding hydrogens is 602 g/mol. The zero-order valence-corrected chi connectivity index (χ0v) is 26.1. The lowest BCUT2D eigenvalue weighted by Gasteiger charge is -2.29. The van der Waals surface area contributed by atoms with Crippen LogP contribution in [-0.4, -0.2) is 98.8 Å². The number of nitrogens with zero attached hydrogens (tertiary/aromatic N) is 3. The number of benzene rings is 1. The van der Waals surface area contributed by atoms with E-state index >= 15 is 0 Å². The van der Waals surface area contributed by atoms with Gasteiger partial charge in [0.1, 0.15) is 24.5 Å². The van der Waals surface area contributed by atoms with E-state index in [1.54, 1.807) is 32.0 Å². The average Bonchev–Trinajstić information content (AvgIpc) is 3.03. The van der Waals surface area contributed by atoms with Crippen LogP contribution in [-0.2, 0) is 19.2 Å². The first-order chi connectivity index (χ1) is 21.9. The molecule has 15 heteroatoms. The van der Waals surface area contributed by atoms with Crippen molar-refractivity contribution in [2.75, 3.05) is 26.4 Å². The molecule has 0 bridgehead atoms. The summed E-state index contributed by atoms with van der Waals surface area (Å²) >= 11 is 0. The summed E-state index contributed by atoms with van der Waals surface area (Å²) < 4.78 is 5.56. The number of pyridine rings is 1. The lowest BCUT2D eigenvalue weighted by atomic mass is 9.90. The molecule has 1 heterocycles. The quantitative estimate of drug-likeness (QED) is 0.0464. The van der Waals surface area contributed by atoms with Gasteiger partial charge in [0.25, 0.3) is 11.8 Å². The van der Waals surface area contributed by atoms with Crippen molar-refractivity contribution in [3.8, 4) is 17.0 Å². The molecular formula is C31H41N5O10. The number of carboxylic acids is 2. The van der Waals surface area contributed by atoms with E-state index in [9.17, 15) is 44.2 Å². The van der Waals surface area contributed by atoms with Crippen molar-refractivity contribution < 1.29 is 48.9 Å². The first-order valence-electron chi connectivity index (χ1n) is 14.9. The number of hydrogen-bond acceptors (Lipinski definition) is 9. The Morgan fingerprint density at radius 1 is 0.978 bits per heavy atom. The van der Waals surface area contributed by atoms with Gasteiger partial charge in [-0.25, -0.2) is 10.0 Å². The van der Waals surface area contributed by atoms with Crippen molar-refractivity contribution in [1.29, 1.82) is 0 Å². The monoisotopic (exact) mass is 643 g/mol. The Kier molecular flexibility index (Phi) is 15.1. The summed E-state index contributed by atoms with van der Waals surface area (Å²) in [6, 6.07) is 8.14. The van der Waals surface area contributed by atoms with Gasteiger partial charge in [0, 0.05) is 11.1 Å². The topological polar surface area (TPSA) is 216 Å². The number of ether oxygens (including phenoxy) is 1. The van der Waals surface area contributed by atoms with Crippen LogP contribution in [0.1, 0.15) is 73.7 Å². The number of amides is 4. The Balaban J connectivity index is 2.25. The zero-order chi connectivity index (χ0) is 34.2. The van der Waals surface area contributed by atoms with Gasteiger partial charge in [0.2, 0.25) is 12.3 Å². The van der Waals surface area contributed by atoms with Gasteiger partial charge in [0.05, 0.1) is 30.9 Å². The Hall–Kier alpha value is -5.05. The second-order valence-corrected chi connectivity index (χ2v) is 10.3. The van der Waals surface area contributed by atoms with Crippen molar-refractivity contribution in [2.45, 2.75) is 58.9 Å². The molecule has 0 saturated carbocycles. The zero-order valence-electron chi connectivity index (χ0n) is 26.1. The van der Waals surface area contributed by atoms with Crippen LogP contribution in [0.3, 0.4) is 0 Å². The number of rotatable bonds is 20. The lowest BCUT2D eigenvalue weighted by molar-refractivity contribution is -0.168. The Labute approximate surface area is 266 Å². The first kappa shape index (κ1) is 37.1. The molecule has 0 aliphatic rings. The molecule has 46 heavy (non-hydrogen) atoms. The van der Waals surface area contributed by atoms with Crippen LogP contribution >= 0.6 is 0 Å². The van der Waals surface area contributed by atoms with Gasteiger partial charge in [-0.1, -0.05) is 39.2 Å². The molecule has 5 N–H and O–H groups in total. The van der Waals surface area contributed by atoms with Crippen molar-refractivity contribution in [3.05, 3.63) is 47.7 Å². The number of carboxylic acid groups (broad SMARTS) is 2. The van der Waals surface area contributed by atoms with Crippen molar-refractivity contribution in [3.63, 3.8) is 0 Å². The molecule has 15 nitrogen and oxygen atoms in total. The highest BCUT2D eigenvalue weighted by atomic mass is 16.5. The van der Waals surface area contributed by atoms with E-state index < -0.39 is 54.7 Å². The predicted octanol–water partition coefficient (Wildman–Crippen LogP) is 2.38. The van der Waals surface area contributed by atoms with Crippen LogP contribution in [0.4, 0.5) is 0 Å². The lowest BCUT2D eigenvalue weighted by Crippen LogP contribution is -2.47. The van der Waals surface area contributed by atoms with Gasteiger partial charge < -0.3 is 30.5 Å². The second-order valence-electron chi connectivity index (χ2n) is 10.3. The molecule has 1 aromatic heterocycles. The minimum Gasteiger partial charge on any atom is -0.494 e. The molecule has 2 rings (SSSR count). The largest absolute Gasteiger partial charge is 0.494 e. The van der Waals surface area contributed by atoms with Gasteiger partial charge in [-0.05, 0) is 50.1 Å². The summed E-state index contributed by atoms with van der Waals surface area (Å²) in [5.74, 6) is -5.14. The van der Waals surface area contributed by atoms with E-state index in [1.807, 2.05) is 6.92 Å². The number of unbranched alkanes of at least 4 members (excludes halogenated alkanes) is 2. The summed E-state index contributed by atoms with van der Waals surface area (Å²) in [5.41, 5.74) is 0.534. The second kappa shape index (κ2) is 18.7. The van der Waals surface area contributed by atoms with E-state index in [1.165, 1.54) is 18.2 Å². The molecule has 0 saturated heterocycles. The van der Waals surface area contributed by atoms with Crippen molar-refractivity contribution in [2.24, 2.45) is 5.92 Å². The molecule has 0 spiro atoms. The molecule has 0 aliphatic carbocycles. The highest BCUT2D eigenvalue weighted by molar-refractivity contribution is 5.99. The molecule has 1 aromatic carbocycles. The molecule has 2 unspecified atom stereocenters. The first-order valence-corrected chi connectivity index (χ1v) is 14.9. The van der Waals surface area contributed by atoms with Gasteiger partial charge in [-0.3, -0.25) is 34.0 Å². The molecule has 0 aliphatic heterocycles. The fraction of sp³-hybridized carbons (Fsp3) is 0.452. The van der Waals surface area contributed by atoms with Crippen molar-refractivity contribution in [1.82, 2.24) is 25.6 Å². The summed E-state index contributed by atoms with van der Waals surface area (Å²) in [4.78, 5) is 77.8. The van der Waals surface area contributed by atoms with Crippen LogP contribution in [0.25, 0.3) is 11.3 Å². The van der Waals surface area contributed by atoms with Gasteiger partial charge >= 0.3 is 11.9 Å². The fourth-order valence-corrected chi connectivity index (χ4v) is 4.83. The third-order valence-corrected chi connectivity index (χ3v) is 6.98. The number of nitrogens with one attached hydrogen (secondary N) is 2. The highest BCUT2D eigenvalue weighted by Crippen LogP contribution is 2.26. The average molecular weight is 644 g/mol. The van der Waals surface area contributed by atoms with Crippen molar-refractivity contribution >= 4 is 36.1 Å². The molecule has 4 amide bonds. The van der Waals surface area contributed by atoms with E-state index in [2.05, 4.69) is 15.6 Å². The maximum atomic E-state index is 13.1. The number of carbonyl (C=O) groups excluding carboxylic acids is 4. The summed E-state index contributed by atoms with van der Waals surface area (Å²) in [7, 11) is 0. The van der Waals surface area contributed by atoms with Crippen LogP contribution in [0, 0.1) is 5.92 Å². The van der Waals surface area contributed by atoms with Gasteiger partial charge in [-0.2, -0.15) is 0 Å². The minimum atomic E-state index is -1.39. The minimum absolute atomic E-state index is 0.0201. The van der Waals surface area contributed by atoms with Gasteiger partial charge in [0.15, 0.2) is 0 Å². The molecule has 2 atom stereocenters. The number of carbonyl (C=O) groups is 6. The van der Waals surface area contributed by atoms with Crippen LogP contribution < -0.4 is 15.4 Å². The van der Waals surface area contributed by atoms with Crippen LogP contribution in [0.5, 0.6) is 5.75 Å². The maximum absolute atomic E-state index is 13.1. The third-order valence-electron chi connectivity index (χ3n) is 6.98. The SMILES string of the molecule is CCCCCC(C(=O)NCNC(=O)c1cccc(-c2cc(OCC)cc(C(=O)N(CC(=O)O)CC(=O)O)c2)n1)C(CC)N(O)C=O. The van der Waals surface area contributed by atoms with E-state index in [4.69, 9.17) is 4.74 Å². The predicted molar refractivity (Wildman–Crippen MR) is 164 cm³/mol. The Morgan fingerprint density at radius 3 is 2.26 bits per heavy atom. The summed E-state index contributed by atoms with van der Waals surface area (Å²) in [5, 5.41) is 34.0. The Morgan fingerprint density at radius 2 is 1.67 bits per heavy atom. The van der Waals surface area contributed by atoms with E-state index in [0.29, 0.717) is 28.4 Å². The number of hydroxylamine groups is 2. The summed E-state index contributed by atoms with van der Waals surface area (Å²) in [6.45, 7) is 3.80. The number of hydrogen-bond donors (Lipinski definition) is 5. The molecule has 2 aromatic rings. The maximum Gasteiger partial charge on any atom is 0.323 e. The highest BCUT2D eigenvalue weighted by Gasteiger charge is 2.30. The number of aliphatic carboxylic acids is 2. The Bertz CT molecular complexity index is 1370. The summed E-state index contributed by atoms with van der Waals surface area (Å²) in [6.07, 6.45) is 3.56. The van der Waals surface area contributed by atoms with Crippen LogP contribution in [0.2, 0.25) is 0 Å². The molecule has 250 valence electrons. The standard InChI is InChI=1S/C31H41N5O10/c1-4-7-8-10-23(26(5-2)36(45)19-37)29(42)32-18-33-30(43)25-12-9-11-24(34-25)20-13-21(15-22(14-20)46-6-3)31(44)35(16-27(38)39)17-28(40)41/h9,11-15,19,23,26,45H,4-8,10,16-18H2,1-3H3,(H,32,42)(H,33,43)(H,38,39)(H,40,41).